The Labute approximate surface area is 152 Å². The lowest BCUT2D eigenvalue weighted by Crippen LogP contribution is -2.36. The van der Waals surface area contributed by atoms with Crippen molar-refractivity contribution in [1.82, 2.24) is 5.43 Å². The van der Waals surface area contributed by atoms with Gasteiger partial charge in [0.05, 0.1) is 25.8 Å². The number of anilines is 1. The molecule has 1 N–H and O–H groups in total. The van der Waals surface area contributed by atoms with Crippen LogP contribution in [0.3, 0.4) is 0 Å². The lowest BCUT2D eigenvalue weighted by atomic mass is 10.1. The molecule has 0 atom stereocenters. The summed E-state index contributed by atoms with van der Waals surface area (Å²) in [7, 11) is 0. The van der Waals surface area contributed by atoms with E-state index in [4.69, 9.17) is 4.74 Å². The van der Waals surface area contributed by atoms with Gasteiger partial charge in [0.15, 0.2) is 0 Å². The summed E-state index contributed by atoms with van der Waals surface area (Å²) < 4.78 is 18.2. The Hall–Kier alpha value is -2.73. The molecule has 1 aliphatic rings. The first-order valence-corrected chi connectivity index (χ1v) is 8.61. The van der Waals surface area contributed by atoms with E-state index in [1.165, 1.54) is 17.8 Å². The summed E-state index contributed by atoms with van der Waals surface area (Å²) in [5, 5.41) is 4.01. The Morgan fingerprint density at radius 3 is 2.65 bits per heavy atom. The van der Waals surface area contributed by atoms with Crippen molar-refractivity contribution in [2.24, 2.45) is 5.10 Å². The van der Waals surface area contributed by atoms with Crippen LogP contribution in [0, 0.1) is 12.7 Å². The highest BCUT2D eigenvalue weighted by Crippen LogP contribution is 2.21. The van der Waals surface area contributed by atoms with Gasteiger partial charge in [0, 0.05) is 18.8 Å². The van der Waals surface area contributed by atoms with Gasteiger partial charge in [0.2, 0.25) is 5.91 Å². The van der Waals surface area contributed by atoms with Gasteiger partial charge in [-0.15, -0.1) is 0 Å². The Morgan fingerprint density at radius 1 is 1.23 bits per heavy atom. The largest absolute Gasteiger partial charge is 0.378 e. The third-order valence-corrected chi connectivity index (χ3v) is 4.25. The number of hydrazone groups is 1. The van der Waals surface area contributed by atoms with Crippen molar-refractivity contribution in [3.8, 4) is 0 Å². The number of rotatable bonds is 5. The molecule has 0 unspecified atom stereocenters. The smallest absolute Gasteiger partial charge is 0.244 e. The molecular formula is C20H22FN3O2. The van der Waals surface area contributed by atoms with Crippen LogP contribution >= 0.6 is 0 Å². The lowest BCUT2D eigenvalue weighted by Gasteiger charge is -2.30. The van der Waals surface area contributed by atoms with Crippen molar-refractivity contribution >= 4 is 17.8 Å². The van der Waals surface area contributed by atoms with Crippen molar-refractivity contribution in [1.29, 1.82) is 0 Å². The molecule has 1 heterocycles. The topological polar surface area (TPSA) is 53.9 Å². The molecule has 136 valence electrons. The number of halogens is 1. The van der Waals surface area contributed by atoms with Crippen molar-refractivity contribution < 1.29 is 13.9 Å². The minimum Gasteiger partial charge on any atom is -0.378 e. The maximum atomic E-state index is 12.9. The van der Waals surface area contributed by atoms with Crippen LogP contribution in [0.15, 0.2) is 47.6 Å². The number of morpholine rings is 1. The van der Waals surface area contributed by atoms with Crippen LogP contribution in [0.2, 0.25) is 0 Å². The summed E-state index contributed by atoms with van der Waals surface area (Å²) in [6.45, 7) is 5.36. The Bertz CT molecular complexity index is 784. The first kappa shape index (κ1) is 18.1. The van der Waals surface area contributed by atoms with E-state index in [0.29, 0.717) is 0 Å². The number of aryl methyl sites for hydroxylation is 1. The summed E-state index contributed by atoms with van der Waals surface area (Å²) in [6.07, 6.45) is 1.78. The second-order valence-corrected chi connectivity index (χ2v) is 6.24. The lowest BCUT2D eigenvalue weighted by molar-refractivity contribution is -0.120. The van der Waals surface area contributed by atoms with Gasteiger partial charge in [-0.1, -0.05) is 18.2 Å². The van der Waals surface area contributed by atoms with Crippen molar-refractivity contribution in [2.45, 2.75) is 13.3 Å². The van der Waals surface area contributed by atoms with Gasteiger partial charge in [-0.3, -0.25) is 4.79 Å². The standard InChI is InChI=1S/C20H22FN3O2/c1-15-12-17(4-7-19(15)24-8-10-26-11-9-24)14-22-23-20(25)13-16-2-5-18(21)6-3-16/h2-7,12,14H,8-11,13H2,1H3,(H,23,25)/b22-14+. The van der Waals surface area contributed by atoms with Crippen LogP contribution in [-0.4, -0.2) is 38.4 Å². The molecule has 5 nitrogen and oxygen atoms in total. The molecule has 0 aliphatic carbocycles. The maximum absolute atomic E-state index is 12.9. The minimum absolute atomic E-state index is 0.159. The summed E-state index contributed by atoms with van der Waals surface area (Å²) in [4.78, 5) is 14.2. The molecule has 1 aliphatic heterocycles. The number of nitrogens with zero attached hydrogens (tertiary/aromatic N) is 2. The van der Waals surface area contributed by atoms with Crippen molar-refractivity contribution in [3.63, 3.8) is 0 Å². The van der Waals surface area contributed by atoms with Crippen LogP contribution in [0.1, 0.15) is 16.7 Å². The van der Waals surface area contributed by atoms with E-state index < -0.39 is 0 Å². The van der Waals surface area contributed by atoms with E-state index in [-0.39, 0.29) is 18.1 Å². The number of ether oxygens (including phenoxy) is 1. The molecule has 1 fully saturated rings. The zero-order chi connectivity index (χ0) is 18.4. The normalized spacial score (nSPS) is 14.6. The number of nitrogens with one attached hydrogen (secondary N) is 1. The van der Waals surface area contributed by atoms with Gasteiger partial charge < -0.3 is 9.64 Å². The third kappa shape index (κ3) is 4.89. The second-order valence-electron chi connectivity index (χ2n) is 6.24. The highest BCUT2D eigenvalue weighted by Gasteiger charge is 2.13. The Kier molecular flexibility index (Phi) is 5.96. The molecule has 2 aromatic carbocycles. The van der Waals surface area contributed by atoms with Crippen LogP contribution in [0.4, 0.5) is 10.1 Å². The summed E-state index contributed by atoms with van der Waals surface area (Å²) >= 11 is 0. The molecule has 3 rings (SSSR count). The molecule has 0 saturated carbocycles. The molecule has 2 aromatic rings. The highest BCUT2D eigenvalue weighted by atomic mass is 19.1. The van der Waals surface area contributed by atoms with Crippen LogP contribution in [0.5, 0.6) is 0 Å². The SMILES string of the molecule is Cc1cc(/C=N/NC(=O)Cc2ccc(F)cc2)ccc1N1CCOCC1. The first-order valence-electron chi connectivity index (χ1n) is 8.61. The van der Waals surface area contributed by atoms with E-state index in [9.17, 15) is 9.18 Å². The Morgan fingerprint density at radius 2 is 1.96 bits per heavy atom. The molecule has 26 heavy (non-hydrogen) atoms. The number of benzene rings is 2. The van der Waals surface area contributed by atoms with E-state index in [2.05, 4.69) is 28.4 Å². The quantitative estimate of drug-likeness (QED) is 0.663. The summed E-state index contributed by atoms with van der Waals surface area (Å²) in [5.74, 6) is -0.558. The molecule has 1 amide bonds. The van der Waals surface area contributed by atoms with Gasteiger partial charge in [-0.05, 0) is 47.9 Å². The van der Waals surface area contributed by atoms with Gasteiger partial charge in [0.1, 0.15) is 5.82 Å². The molecule has 0 spiro atoms. The average Bonchev–Trinajstić information content (AvgIpc) is 2.64. The van der Waals surface area contributed by atoms with Gasteiger partial charge in [-0.25, -0.2) is 9.82 Å². The van der Waals surface area contributed by atoms with Gasteiger partial charge >= 0.3 is 0 Å². The van der Waals surface area contributed by atoms with Crippen molar-refractivity contribution in [2.75, 3.05) is 31.2 Å². The summed E-state index contributed by atoms with van der Waals surface area (Å²) in [6, 6.07) is 11.9. The number of hydrogen-bond donors (Lipinski definition) is 1. The molecule has 0 aromatic heterocycles. The number of carbonyl (C=O) groups is 1. The zero-order valence-electron chi connectivity index (χ0n) is 14.7. The molecule has 0 radical (unpaired) electrons. The fraction of sp³-hybridized carbons (Fsp3) is 0.300. The first-order chi connectivity index (χ1) is 12.6. The predicted octanol–water partition coefficient (Wildman–Crippen LogP) is 2.66. The Balaban J connectivity index is 1.55. The average molecular weight is 355 g/mol. The monoisotopic (exact) mass is 355 g/mol. The molecular weight excluding hydrogens is 333 g/mol. The van der Waals surface area contributed by atoms with Crippen molar-refractivity contribution in [3.05, 3.63) is 65.0 Å². The minimum atomic E-state index is -0.317. The molecule has 1 saturated heterocycles. The number of carbonyl (C=O) groups excluding carboxylic acids is 1. The van der Waals surface area contributed by atoms with Crippen LogP contribution in [0.25, 0.3) is 0 Å². The third-order valence-electron chi connectivity index (χ3n) is 4.25. The van der Waals surface area contributed by atoms with Gasteiger partial charge in [0.25, 0.3) is 0 Å². The van der Waals surface area contributed by atoms with Crippen LogP contribution < -0.4 is 10.3 Å². The fourth-order valence-corrected chi connectivity index (χ4v) is 2.92. The maximum Gasteiger partial charge on any atom is 0.244 e. The van der Waals surface area contributed by atoms with E-state index >= 15 is 0 Å². The van der Waals surface area contributed by atoms with E-state index in [1.807, 2.05) is 12.1 Å². The number of amides is 1. The number of hydrogen-bond acceptors (Lipinski definition) is 4. The van der Waals surface area contributed by atoms with Gasteiger partial charge in [-0.2, -0.15) is 5.10 Å². The molecule has 6 heteroatoms. The zero-order valence-corrected chi connectivity index (χ0v) is 14.7. The predicted molar refractivity (Wildman–Crippen MR) is 100 cm³/mol. The summed E-state index contributed by atoms with van der Waals surface area (Å²) in [5.41, 5.74) is 6.52. The molecule has 0 bridgehead atoms. The van der Waals surface area contributed by atoms with Crippen LogP contribution in [-0.2, 0) is 16.0 Å². The fourth-order valence-electron chi connectivity index (χ4n) is 2.92. The van der Waals surface area contributed by atoms with E-state index in [1.54, 1.807) is 18.3 Å². The highest BCUT2D eigenvalue weighted by molar-refractivity contribution is 5.84. The second kappa shape index (κ2) is 8.58. The van der Waals surface area contributed by atoms with E-state index in [0.717, 1.165) is 43.0 Å².